The number of ketones is 1. The third-order valence-corrected chi connectivity index (χ3v) is 4.70. The maximum Gasteiger partial charge on any atom is 0.356 e. The first-order chi connectivity index (χ1) is 12.6. The van der Waals surface area contributed by atoms with Gasteiger partial charge in [0.05, 0.1) is 12.8 Å². The van der Waals surface area contributed by atoms with E-state index in [9.17, 15) is 4.79 Å². The Bertz CT molecular complexity index is 1080. The standard InChI is InChI=1S/C21H19N3O2/c1-15-7-2-3-8-16(15)13-23-17-9-4-5-10-18(17)24(21(23)22)14-19(25)20-11-6-12-26-20/h2-12,22H,13-14H2,1H3/p+1. The molecule has 0 amide bonds. The minimum atomic E-state index is -0.106. The molecule has 26 heavy (non-hydrogen) atoms. The monoisotopic (exact) mass is 346 g/mol. The minimum Gasteiger partial charge on any atom is -0.461 e. The molecule has 0 unspecified atom stereocenters. The zero-order valence-corrected chi connectivity index (χ0v) is 14.6. The van der Waals surface area contributed by atoms with Gasteiger partial charge in [0, 0.05) is 0 Å². The Hall–Kier alpha value is -3.34. The van der Waals surface area contributed by atoms with Gasteiger partial charge in [-0.05, 0) is 42.3 Å². The normalized spacial score (nSPS) is 11.1. The predicted molar refractivity (Wildman–Crippen MR) is 99.9 cm³/mol. The summed E-state index contributed by atoms with van der Waals surface area (Å²) in [7, 11) is 0. The second-order valence-corrected chi connectivity index (χ2v) is 6.35. The molecule has 5 nitrogen and oxygen atoms in total. The summed E-state index contributed by atoms with van der Waals surface area (Å²) in [6.45, 7) is 2.88. The second kappa shape index (κ2) is 6.52. The molecule has 2 heterocycles. The molecule has 4 rings (SSSR count). The summed E-state index contributed by atoms with van der Waals surface area (Å²) in [6, 6.07) is 19.6. The SMILES string of the molecule is Cc1ccccc1C[n+]1c(N)n(CC(=O)c2ccco2)c2ccccc21. The maximum atomic E-state index is 12.5. The number of benzene rings is 2. The largest absolute Gasteiger partial charge is 0.461 e. The average molecular weight is 346 g/mol. The van der Waals surface area contributed by atoms with E-state index in [1.165, 1.54) is 17.4 Å². The number of imidazole rings is 1. The molecule has 0 fully saturated rings. The maximum absolute atomic E-state index is 12.5. The molecule has 0 aliphatic rings. The van der Waals surface area contributed by atoms with Crippen LogP contribution in [0.1, 0.15) is 21.7 Å². The minimum absolute atomic E-state index is 0.106. The molecule has 0 aliphatic carbocycles. The third-order valence-electron chi connectivity index (χ3n) is 4.70. The number of carbonyl (C=O) groups is 1. The summed E-state index contributed by atoms with van der Waals surface area (Å²) in [4.78, 5) is 12.5. The van der Waals surface area contributed by atoms with Crippen molar-refractivity contribution in [2.75, 3.05) is 5.73 Å². The Kier molecular flexibility index (Phi) is 4.05. The van der Waals surface area contributed by atoms with Gasteiger partial charge >= 0.3 is 5.95 Å². The van der Waals surface area contributed by atoms with Crippen molar-refractivity contribution in [3.8, 4) is 0 Å². The van der Waals surface area contributed by atoms with Crippen LogP contribution >= 0.6 is 0 Å². The van der Waals surface area contributed by atoms with Crippen LogP contribution in [0.4, 0.5) is 5.95 Å². The summed E-state index contributed by atoms with van der Waals surface area (Å²) in [5.74, 6) is 0.785. The highest BCUT2D eigenvalue weighted by Crippen LogP contribution is 2.19. The molecular weight excluding hydrogens is 326 g/mol. The van der Waals surface area contributed by atoms with Gasteiger partial charge in [-0.1, -0.05) is 36.4 Å². The van der Waals surface area contributed by atoms with Crippen LogP contribution in [0.25, 0.3) is 11.0 Å². The van der Waals surface area contributed by atoms with Crippen molar-refractivity contribution in [1.29, 1.82) is 0 Å². The third kappa shape index (κ3) is 2.77. The molecule has 0 bridgehead atoms. The topological polar surface area (TPSA) is 65.0 Å². The number of hydrogen-bond acceptors (Lipinski definition) is 3. The number of aromatic nitrogens is 2. The van der Waals surface area contributed by atoms with Gasteiger partial charge in [0.15, 0.2) is 5.76 Å². The van der Waals surface area contributed by atoms with Gasteiger partial charge in [-0.15, -0.1) is 0 Å². The van der Waals surface area contributed by atoms with E-state index in [1.54, 1.807) is 12.1 Å². The fourth-order valence-electron chi connectivity index (χ4n) is 3.26. The zero-order chi connectivity index (χ0) is 18.1. The molecule has 0 saturated carbocycles. The van der Waals surface area contributed by atoms with Gasteiger partial charge in [-0.2, -0.15) is 0 Å². The summed E-state index contributed by atoms with van der Waals surface area (Å²) in [5, 5.41) is 0. The Balaban J connectivity index is 1.78. The number of nitrogen functional groups attached to an aromatic ring is 1. The Morgan fingerprint density at radius 3 is 2.62 bits per heavy atom. The number of aryl methyl sites for hydroxylation is 1. The Morgan fingerprint density at radius 2 is 1.85 bits per heavy atom. The highest BCUT2D eigenvalue weighted by molar-refractivity contribution is 5.94. The van der Waals surface area contributed by atoms with Crippen molar-refractivity contribution in [2.45, 2.75) is 20.0 Å². The van der Waals surface area contributed by atoms with E-state index in [0.29, 0.717) is 18.3 Å². The predicted octanol–water partition coefficient (Wildman–Crippen LogP) is 3.34. The van der Waals surface area contributed by atoms with Crippen LogP contribution in [0.2, 0.25) is 0 Å². The molecule has 0 saturated heterocycles. The van der Waals surface area contributed by atoms with Gasteiger partial charge in [0.1, 0.15) is 17.6 Å². The number of para-hydroxylation sites is 2. The average Bonchev–Trinajstić information content (AvgIpc) is 3.27. The van der Waals surface area contributed by atoms with Crippen LogP contribution in [0.5, 0.6) is 0 Å². The van der Waals surface area contributed by atoms with Gasteiger partial charge < -0.3 is 4.42 Å². The number of furan rings is 1. The number of fused-ring (bicyclic) bond motifs is 1. The summed E-state index contributed by atoms with van der Waals surface area (Å²) < 4.78 is 9.12. The van der Waals surface area contributed by atoms with Crippen molar-refractivity contribution in [3.05, 3.63) is 83.8 Å². The first-order valence-electron chi connectivity index (χ1n) is 8.53. The van der Waals surface area contributed by atoms with E-state index >= 15 is 0 Å². The number of hydrogen-bond donors (Lipinski definition) is 1. The Morgan fingerprint density at radius 1 is 1.08 bits per heavy atom. The fourth-order valence-corrected chi connectivity index (χ4v) is 3.26. The first-order valence-corrected chi connectivity index (χ1v) is 8.53. The van der Waals surface area contributed by atoms with Gasteiger partial charge in [-0.25, -0.2) is 9.13 Å². The Labute approximate surface area is 151 Å². The van der Waals surface area contributed by atoms with Crippen molar-refractivity contribution in [3.63, 3.8) is 0 Å². The molecule has 0 radical (unpaired) electrons. The van der Waals surface area contributed by atoms with Crippen molar-refractivity contribution >= 4 is 22.8 Å². The number of nitrogens with zero attached hydrogens (tertiary/aromatic N) is 2. The van der Waals surface area contributed by atoms with Crippen LogP contribution in [0.15, 0.2) is 71.3 Å². The number of anilines is 1. The van der Waals surface area contributed by atoms with E-state index < -0.39 is 0 Å². The molecule has 0 atom stereocenters. The molecule has 5 heteroatoms. The zero-order valence-electron chi connectivity index (χ0n) is 14.6. The van der Waals surface area contributed by atoms with E-state index in [1.807, 2.05) is 45.5 Å². The van der Waals surface area contributed by atoms with Gasteiger partial charge in [0.2, 0.25) is 5.78 Å². The van der Waals surface area contributed by atoms with E-state index in [0.717, 1.165) is 11.0 Å². The lowest BCUT2D eigenvalue weighted by Crippen LogP contribution is -2.37. The van der Waals surface area contributed by atoms with Gasteiger partial charge in [0.25, 0.3) is 0 Å². The van der Waals surface area contributed by atoms with E-state index in [-0.39, 0.29) is 12.3 Å². The highest BCUT2D eigenvalue weighted by atomic mass is 16.3. The molecule has 0 aliphatic heterocycles. The second-order valence-electron chi connectivity index (χ2n) is 6.35. The van der Waals surface area contributed by atoms with Crippen molar-refractivity contribution < 1.29 is 13.8 Å². The molecule has 2 aromatic carbocycles. The van der Waals surface area contributed by atoms with Crippen LogP contribution in [0, 0.1) is 6.92 Å². The smallest absolute Gasteiger partial charge is 0.356 e. The van der Waals surface area contributed by atoms with Gasteiger partial charge in [-0.3, -0.25) is 10.5 Å². The number of nitrogens with two attached hydrogens (primary N) is 1. The van der Waals surface area contributed by atoms with Crippen molar-refractivity contribution in [1.82, 2.24) is 4.57 Å². The van der Waals surface area contributed by atoms with Crippen LogP contribution in [-0.4, -0.2) is 10.4 Å². The summed E-state index contributed by atoms with van der Waals surface area (Å²) >= 11 is 0. The fraction of sp³-hybridized carbons (Fsp3) is 0.143. The van der Waals surface area contributed by atoms with Crippen LogP contribution in [0.3, 0.4) is 0 Å². The van der Waals surface area contributed by atoms with Crippen molar-refractivity contribution in [2.24, 2.45) is 0 Å². The lowest BCUT2D eigenvalue weighted by molar-refractivity contribution is -0.648. The van der Waals surface area contributed by atoms with Crippen LogP contribution < -0.4 is 10.3 Å². The van der Waals surface area contributed by atoms with E-state index in [2.05, 4.69) is 19.1 Å². The number of carbonyl (C=O) groups excluding carboxylic acids is 1. The molecule has 4 aromatic rings. The first kappa shape index (κ1) is 16.1. The molecule has 2 aromatic heterocycles. The molecule has 130 valence electrons. The lowest BCUT2D eigenvalue weighted by Gasteiger charge is -2.05. The molecular formula is C21H20N3O2+. The summed E-state index contributed by atoms with van der Waals surface area (Å²) in [5.41, 5.74) is 10.8. The summed E-state index contributed by atoms with van der Waals surface area (Å²) in [6.07, 6.45) is 1.50. The molecule has 0 spiro atoms. The number of rotatable bonds is 5. The van der Waals surface area contributed by atoms with Crippen LogP contribution in [-0.2, 0) is 13.1 Å². The highest BCUT2D eigenvalue weighted by Gasteiger charge is 2.24. The number of Topliss-reactive ketones (excluding diaryl/α,β-unsaturated/α-hetero) is 1. The lowest BCUT2D eigenvalue weighted by atomic mass is 10.1. The van der Waals surface area contributed by atoms with E-state index in [4.69, 9.17) is 10.2 Å². The molecule has 2 N–H and O–H groups in total. The quantitative estimate of drug-likeness (QED) is 0.445.